The van der Waals surface area contributed by atoms with Gasteiger partial charge in [0.15, 0.2) is 23.5 Å². The Balaban J connectivity index is 1.55. The summed E-state index contributed by atoms with van der Waals surface area (Å²) in [6.07, 6.45) is 8.31. The molecule has 0 amide bonds. The van der Waals surface area contributed by atoms with Crippen LogP contribution in [0, 0.1) is 28.6 Å². The van der Waals surface area contributed by atoms with Crippen LogP contribution in [0.5, 0.6) is 0 Å². The van der Waals surface area contributed by atoms with Crippen molar-refractivity contribution in [1.82, 2.24) is 0 Å². The summed E-state index contributed by atoms with van der Waals surface area (Å²) in [7, 11) is 0. The van der Waals surface area contributed by atoms with Gasteiger partial charge >= 0.3 is 0 Å². The number of rotatable bonds is 4. The van der Waals surface area contributed by atoms with Crippen LogP contribution in [0.3, 0.4) is 0 Å². The van der Waals surface area contributed by atoms with Crippen LogP contribution in [-0.2, 0) is 19.1 Å². The molecule has 0 aromatic rings. The standard InChI is InChI=1S/C25H34O6/c1-4-5-21-30-20-11-17-16-7-6-14-10-15(27)8-9-23(14,2)22(16)18(28)12-24(17,3)25(20,31-21)19(29)13-26/h8-10,16-18,20-22,26,28H,4-7,11-13H2,1-3H3/t16?,17?,18?,20-,21-,22?,23+,24+,25-/m1/s1. The Morgan fingerprint density at radius 3 is 2.81 bits per heavy atom. The van der Waals surface area contributed by atoms with Crippen LogP contribution in [0.1, 0.15) is 59.3 Å². The van der Waals surface area contributed by atoms with Crippen molar-refractivity contribution in [3.63, 3.8) is 0 Å². The van der Waals surface area contributed by atoms with E-state index >= 15 is 0 Å². The minimum Gasteiger partial charge on any atom is -0.393 e. The van der Waals surface area contributed by atoms with Gasteiger partial charge in [0.25, 0.3) is 0 Å². The highest BCUT2D eigenvalue weighted by atomic mass is 16.7. The lowest BCUT2D eigenvalue weighted by atomic mass is 9.46. The molecule has 1 saturated heterocycles. The number of aliphatic hydroxyl groups is 2. The second-order valence-corrected chi connectivity index (χ2v) is 10.7. The summed E-state index contributed by atoms with van der Waals surface area (Å²) >= 11 is 0. The highest BCUT2D eigenvalue weighted by Crippen LogP contribution is 2.69. The van der Waals surface area contributed by atoms with Crippen LogP contribution in [0.4, 0.5) is 0 Å². The van der Waals surface area contributed by atoms with E-state index in [1.54, 1.807) is 12.2 Å². The SMILES string of the molecule is CCC[C@@H]1O[C@@H]2CC3C4CCC5=CC(=O)C=C[C@]5(C)C4C(O)C[C@]3(C)[C@]2(C(=O)CO)O1. The number of aliphatic hydroxyl groups excluding tert-OH is 2. The molecule has 0 radical (unpaired) electrons. The molecule has 4 unspecified atom stereocenters. The Hall–Kier alpha value is -1.34. The molecule has 6 heteroatoms. The quantitative estimate of drug-likeness (QED) is 0.712. The van der Waals surface area contributed by atoms with Gasteiger partial charge in [0.2, 0.25) is 0 Å². The van der Waals surface area contributed by atoms with Crippen LogP contribution >= 0.6 is 0 Å². The maximum atomic E-state index is 13.2. The molecule has 6 nitrogen and oxygen atoms in total. The highest BCUT2D eigenvalue weighted by Gasteiger charge is 2.75. The first-order valence-corrected chi connectivity index (χ1v) is 11.8. The topological polar surface area (TPSA) is 93.1 Å². The van der Waals surface area contributed by atoms with Gasteiger partial charge in [-0.05, 0) is 56.1 Å². The smallest absolute Gasteiger partial charge is 0.193 e. The second kappa shape index (κ2) is 7.08. The van der Waals surface area contributed by atoms with E-state index in [-0.39, 0.29) is 34.7 Å². The van der Waals surface area contributed by atoms with Crippen molar-refractivity contribution >= 4 is 11.6 Å². The predicted octanol–water partition coefficient (Wildman–Crippen LogP) is 2.72. The summed E-state index contributed by atoms with van der Waals surface area (Å²) in [4.78, 5) is 25.2. The molecule has 3 saturated carbocycles. The first-order valence-electron chi connectivity index (χ1n) is 11.8. The number of allylic oxidation sites excluding steroid dienone is 4. The van der Waals surface area contributed by atoms with Crippen molar-refractivity contribution in [2.45, 2.75) is 83.4 Å². The molecule has 0 aromatic heterocycles. The summed E-state index contributed by atoms with van der Waals surface area (Å²) in [6.45, 7) is 5.67. The number of fused-ring (bicyclic) bond motifs is 7. The number of hydrogen-bond acceptors (Lipinski definition) is 6. The molecule has 31 heavy (non-hydrogen) atoms. The van der Waals surface area contributed by atoms with Crippen LogP contribution in [0.15, 0.2) is 23.8 Å². The number of Topliss-reactive ketones (excluding diaryl/α,β-unsaturated/α-hetero) is 1. The van der Waals surface area contributed by atoms with Gasteiger partial charge in [-0.2, -0.15) is 0 Å². The molecule has 5 rings (SSSR count). The average molecular weight is 431 g/mol. The van der Waals surface area contributed by atoms with Crippen molar-refractivity contribution in [3.8, 4) is 0 Å². The van der Waals surface area contributed by atoms with Crippen LogP contribution in [0.2, 0.25) is 0 Å². The number of carbonyl (C=O) groups excluding carboxylic acids is 2. The molecule has 170 valence electrons. The van der Waals surface area contributed by atoms with Crippen molar-refractivity contribution in [2.75, 3.05) is 6.61 Å². The van der Waals surface area contributed by atoms with Gasteiger partial charge < -0.3 is 19.7 Å². The maximum absolute atomic E-state index is 13.2. The molecule has 4 aliphatic carbocycles. The summed E-state index contributed by atoms with van der Waals surface area (Å²) in [5, 5.41) is 21.4. The lowest BCUT2D eigenvalue weighted by molar-refractivity contribution is -0.200. The van der Waals surface area contributed by atoms with E-state index in [4.69, 9.17) is 9.47 Å². The van der Waals surface area contributed by atoms with Gasteiger partial charge in [-0.25, -0.2) is 0 Å². The number of carbonyl (C=O) groups is 2. The fourth-order valence-electron chi connectivity index (χ4n) is 8.12. The monoisotopic (exact) mass is 430 g/mol. The third-order valence-electron chi connectivity index (χ3n) is 9.37. The van der Waals surface area contributed by atoms with E-state index < -0.39 is 36.1 Å². The zero-order chi connectivity index (χ0) is 22.2. The Morgan fingerprint density at radius 2 is 2.10 bits per heavy atom. The van der Waals surface area contributed by atoms with E-state index in [9.17, 15) is 19.8 Å². The van der Waals surface area contributed by atoms with Crippen LogP contribution < -0.4 is 0 Å². The van der Waals surface area contributed by atoms with Gasteiger partial charge in [-0.15, -0.1) is 0 Å². The summed E-state index contributed by atoms with van der Waals surface area (Å²) < 4.78 is 12.7. The second-order valence-electron chi connectivity index (χ2n) is 10.7. The van der Waals surface area contributed by atoms with E-state index in [2.05, 4.69) is 20.8 Å². The summed E-state index contributed by atoms with van der Waals surface area (Å²) in [5.41, 5.74) is -1.05. The van der Waals surface area contributed by atoms with Gasteiger partial charge in [0, 0.05) is 16.7 Å². The zero-order valence-corrected chi connectivity index (χ0v) is 18.7. The highest BCUT2D eigenvalue weighted by molar-refractivity contribution is 6.01. The molecule has 0 bridgehead atoms. The molecule has 2 N–H and O–H groups in total. The first-order chi connectivity index (χ1) is 14.7. The van der Waals surface area contributed by atoms with Gasteiger partial charge in [0.1, 0.15) is 6.61 Å². The summed E-state index contributed by atoms with van der Waals surface area (Å²) in [5.74, 6) is 0.0274. The molecule has 0 spiro atoms. The number of hydrogen-bond donors (Lipinski definition) is 2. The van der Waals surface area contributed by atoms with E-state index in [0.717, 1.165) is 24.8 Å². The lowest BCUT2D eigenvalue weighted by Crippen LogP contribution is -2.63. The molecule has 9 atom stereocenters. The molecule has 1 heterocycles. The van der Waals surface area contributed by atoms with Crippen LogP contribution in [0.25, 0.3) is 0 Å². The van der Waals surface area contributed by atoms with Crippen molar-refractivity contribution < 1.29 is 29.3 Å². The van der Waals surface area contributed by atoms with Gasteiger partial charge in [-0.1, -0.05) is 38.8 Å². The molecule has 4 fully saturated rings. The molecule has 5 aliphatic rings. The first kappa shape index (κ1) is 21.5. The largest absolute Gasteiger partial charge is 0.393 e. The predicted molar refractivity (Wildman–Crippen MR) is 113 cm³/mol. The average Bonchev–Trinajstić information content (AvgIpc) is 3.20. The lowest BCUT2D eigenvalue weighted by Gasteiger charge is -2.59. The zero-order valence-electron chi connectivity index (χ0n) is 18.7. The van der Waals surface area contributed by atoms with E-state index in [1.807, 2.05) is 6.08 Å². The molecule has 0 aromatic carbocycles. The normalized spacial score (nSPS) is 50.4. The van der Waals surface area contributed by atoms with Gasteiger partial charge in [0.05, 0.1) is 12.2 Å². The minimum atomic E-state index is -1.20. The third-order valence-corrected chi connectivity index (χ3v) is 9.37. The molecular formula is C25H34O6. The Labute approximate surface area is 183 Å². The molecular weight excluding hydrogens is 396 g/mol. The minimum absolute atomic E-state index is 0.0125. The fourth-order valence-corrected chi connectivity index (χ4v) is 8.12. The molecule has 1 aliphatic heterocycles. The van der Waals surface area contributed by atoms with Gasteiger partial charge in [-0.3, -0.25) is 9.59 Å². The van der Waals surface area contributed by atoms with E-state index in [0.29, 0.717) is 19.3 Å². The van der Waals surface area contributed by atoms with Crippen molar-refractivity contribution in [1.29, 1.82) is 0 Å². The Morgan fingerprint density at radius 1 is 1.32 bits per heavy atom. The fraction of sp³-hybridized carbons (Fsp3) is 0.760. The van der Waals surface area contributed by atoms with Crippen molar-refractivity contribution in [3.05, 3.63) is 23.8 Å². The number of ether oxygens (including phenoxy) is 2. The summed E-state index contributed by atoms with van der Waals surface area (Å²) in [6, 6.07) is 0. The van der Waals surface area contributed by atoms with E-state index in [1.165, 1.54) is 0 Å². The maximum Gasteiger partial charge on any atom is 0.193 e. The van der Waals surface area contributed by atoms with Crippen molar-refractivity contribution in [2.24, 2.45) is 28.6 Å². The number of ketones is 2. The Bertz CT molecular complexity index is 862. The van der Waals surface area contributed by atoms with Crippen LogP contribution in [-0.4, -0.2) is 52.5 Å². The Kier molecular flexibility index (Phi) is 4.91. The third kappa shape index (κ3) is 2.65.